The van der Waals surface area contributed by atoms with Gasteiger partial charge in [0.25, 0.3) is 10.0 Å². The van der Waals surface area contributed by atoms with Gasteiger partial charge < -0.3 is 0 Å². The summed E-state index contributed by atoms with van der Waals surface area (Å²) in [7, 11) is -7.20. The molecule has 0 atom stereocenters. The molecule has 33 heavy (non-hydrogen) atoms. The lowest BCUT2D eigenvalue weighted by molar-refractivity contribution is -0.458. The number of hydrogen-bond donors (Lipinski definition) is 1. The van der Waals surface area contributed by atoms with Gasteiger partial charge in [-0.2, -0.15) is 74.6 Å². The fourth-order valence-corrected chi connectivity index (χ4v) is 2.88. The van der Waals surface area contributed by atoms with E-state index in [2.05, 4.69) is 0 Å². The number of rotatable bonds is 10. The largest absolute Gasteiger partial charge is 0.460 e. The minimum Gasteiger partial charge on any atom is -0.210 e. The molecule has 0 bridgehead atoms. The van der Waals surface area contributed by atoms with E-state index >= 15 is 0 Å². The Morgan fingerprint density at radius 1 is 0.545 bits per heavy atom. The van der Waals surface area contributed by atoms with Gasteiger partial charge in [-0.1, -0.05) is 13.8 Å². The van der Waals surface area contributed by atoms with Crippen molar-refractivity contribution in [2.45, 2.75) is 60.8 Å². The lowest BCUT2D eigenvalue weighted by Gasteiger charge is -2.42. The fraction of sp³-hybridized carbons (Fsp3) is 1.00. The van der Waals surface area contributed by atoms with Gasteiger partial charge >= 0.3 is 47.0 Å². The van der Waals surface area contributed by atoms with Crippen LogP contribution in [0.2, 0.25) is 0 Å². The maximum Gasteiger partial charge on any atom is 0.460 e. The maximum atomic E-state index is 13.6. The second-order valence-corrected chi connectivity index (χ2v) is 8.51. The average molecular weight is 555 g/mol. The first-order chi connectivity index (χ1) is 13.9. The second kappa shape index (κ2) is 8.14. The van der Waals surface area contributed by atoms with Crippen LogP contribution in [0, 0.1) is 5.92 Å². The van der Waals surface area contributed by atoms with E-state index in [1.807, 2.05) is 0 Å². The Kier molecular flexibility index (Phi) is 7.83. The smallest absolute Gasteiger partial charge is 0.210 e. The van der Waals surface area contributed by atoms with Crippen LogP contribution in [-0.2, 0) is 10.0 Å². The van der Waals surface area contributed by atoms with Gasteiger partial charge in [0.15, 0.2) is 0 Å². The molecule has 0 aromatic rings. The molecular weight excluding hydrogens is 545 g/mol. The number of hydrogen-bond acceptors (Lipinski definition) is 2. The molecule has 0 unspecified atom stereocenters. The molecule has 0 amide bonds. The number of sulfonamides is 1. The van der Waals surface area contributed by atoms with Crippen molar-refractivity contribution in [1.82, 2.24) is 4.72 Å². The molecule has 0 aliphatic rings. The Bertz CT molecular complexity index is 814. The summed E-state index contributed by atoms with van der Waals surface area (Å²) in [6, 6.07) is 0. The summed E-state index contributed by atoms with van der Waals surface area (Å²) >= 11 is 0. The van der Waals surface area contributed by atoms with Gasteiger partial charge in [0.2, 0.25) is 0 Å². The van der Waals surface area contributed by atoms with Crippen molar-refractivity contribution < 1.29 is 83.1 Å². The first-order valence-corrected chi connectivity index (χ1v) is 9.10. The van der Waals surface area contributed by atoms with E-state index in [1.165, 1.54) is 0 Å². The van der Waals surface area contributed by atoms with Crippen molar-refractivity contribution in [2.75, 3.05) is 6.54 Å². The molecule has 0 fully saturated rings. The van der Waals surface area contributed by atoms with Crippen LogP contribution in [0.15, 0.2) is 0 Å². The third-order valence-electron chi connectivity index (χ3n) is 3.71. The zero-order valence-electron chi connectivity index (χ0n) is 15.4. The van der Waals surface area contributed by atoms with Gasteiger partial charge in [0, 0.05) is 6.54 Å². The molecule has 21 heteroatoms. The quantitative estimate of drug-likeness (QED) is 0.361. The molecule has 0 rings (SSSR count). The maximum absolute atomic E-state index is 13.6. The van der Waals surface area contributed by atoms with Crippen LogP contribution in [-0.4, -0.2) is 61.9 Å². The van der Waals surface area contributed by atoms with E-state index < -0.39 is 69.5 Å². The van der Waals surface area contributed by atoms with Crippen LogP contribution >= 0.6 is 0 Å². The summed E-state index contributed by atoms with van der Waals surface area (Å²) < 4.78 is 245. The Labute approximate surface area is 172 Å². The van der Waals surface area contributed by atoms with Crippen molar-refractivity contribution >= 4 is 10.0 Å². The van der Waals surface area contributed by atoms with Gasteiger partial charge in [-0.25, -0.2) is 13.1 Å². The normalized spacial score (nSPS) is 16.5. The van der Waals surface area contributed by atoms with Gasteiger partial charge in [-0.3, -0.25) is 0 Å². The van der Waals surface area contributed by atoms with E-state index in [9.17, 15) is 83.1 Å². The molecule has 1 N–H and O–H groups in total. The molecule has 0 aromatic heterocycles. The Morgan fingerprint density at radius 3 is 1.09 bits per heavy atom. The Morgan fingerprint density at radius 2 is 0.818 bits per heavy atom. The van der Waals surface area contributed by atoms with Gasteiger partial charge in [-0.15, -0.1) is 0 Å². The highest BCUT2D eigenvalue weighted by atomic mass is 32.2. The summed E-state index contributed by atoms with van der Waals surface area (Å²) in [6.07, 6.45) is -7.86. The van der Waals surface area contributed by atoms with Crippen molar-refractivity contribution in [2.24, 2.45) is 5.92 Å². The van der Waals surface area contributed by atoms with Crippen LogP contribution in [0.25, 0.3) is 0 Å². The number of alkyl halides is 17. The van der Waals surface area contributed by atoms with E-state index in [4.69, 9.17) is 0 Å². The SMILES string of the molecule is CC(C)CNS(=O)(=O)C(F)(F)C(F)(F)C(F)(F)C(F)(F)C(F)(F)C(F)(F)C(F)(F)C(F)(F)F. The first kappa shape index (κ1) is 31.7. The lowest BCUT2D eigenvalue weighted by Crippen LogP contribution is -2.75. The highest BCUT2D eigenvalue weighted by Gasteiger charge is 2.96. The Balaban J connectivity index is 6.83. The van der Waals surface area contributed by atoms with E-state index in [1.54, 1.807) is 0 Å². The van der Waals surface area contributed by atoms with Crippen LogP contribution in [0.3, 0.4) is 0 Å². The standard InChI is InChI=1S/C12H10F17NO2S/c1-4(2)3-30-33(31,32)12(28,29)10(23,24)8(19,20)6(15,16)5(13,14)7(17,18)9(21,22)11(25,26)27/h4,30H,3H2,1-2H3. The molecule has 3 nitrogen and oxygen atoms in total. The lowest BCUT2D eigenvalue weighted by atomic mass is 9.91. The Hall–Kier alpha value is -1.28. The molecule has 0 saturated heterocycles. The molecule has 200 valence electrons. The predicted octanol–water partition coefficient (Wildman–Crippen LogP) is 5.53. The van der Waals surface area contributed by atoms with Gasteiger partial charge in [0.05, 0.1) is 0 Å². The molecule has 0 aliphatic carbocycles. The van der Waals surface area contributed by atoms with E-state index in [0.29, 0.717) is 4.72 Å². The van der Waals surface area contributed by atoms with Crippen LogP contribution in [0.4, 0.5) is 74.6 Å². The average Bonchev–Trinajstić information content (AvgIpc) is 2.57. The summed E-state index contributed by atoms with van der Waals surface area (Å²) in [5.41, 5.74) is 0. The third-order valence-corrected chi connectivity index (χ3v) is 5.19. The van der Waals surface area contributed by atoms with Crippen molar-refractivity contribution in [3.05, 3.63) is 0 Å². The summed E-state index contributed by atoms with van der Waals surface area (Å²) in [5, 5.41) is -7.51. The number of nitrogens with one attached hydrogen (secondary N) is 1. The molecule has 0 heterocycles. The van der Waals surface area contributed by atoms with Crippen molar-refractivity contribution in [3.63, 3.8) is 0 Å². The topological polar surface area (TPSA) is 46.2 Å². The molecule has 0 aromatic carbocycles. The molecule has 0 radical (unpaired) electrons. The monoisotopic (exact) mass is 555 g/mol. The van der Waals surface area contributed by atoms with Crippen molar-refractivity contribution in [1.29, 1.82) is 0 Å². The van der Waals surface area contributed by atoms with Gasteiger partial charge in [-0.05, 0) is 5.92 Å². The highest BCUT2D eigenvalue weighted by Crippen LogP contribution is 2.64. The third kappa shape index (κ3) is 4.30. The van der Waals surface area contributed by atoms with E-state index in [0.717, 1.165) is 13.8 Å². The molecule has 0 spiro atoms. The van der Waals surface area contributed by atoms with Gasteiger partial charge in [0.1, 0.15) is 0 Å². The fourth-order valence-electron chi connectivity index (χ4n) is 1.69. The van der Waals surface area contributed by atoms with Crippen LogP contribution in [0.5, 0.6) is 0 Å². The first-order valence-electron chi connectivity index (χ1n) is 7.62. The van der Waals surface area contributed by atoms with Crippen LogP contribution in [0.1, 0.15) is 13.8 Å². The summed E-state index contributed by atoms with van der Waals surface area (Å²) in [5.74, 6) is -52.5. The predicted molar refractivity (Wildman–Crippen MR) is 72.4 cm³/mol. The highest BCUT2D eigenvalue weighted by molar-refractivity contribution is 7.90. The van der Waals surface area contributed by atoms with E-state index in [-0.39, 0.29) is 0 Å². The van der Waals surface area contributed by atoms with Crippen LogP contribution < -0.4 is 4.72 Å². The summed E-state index contributed by atoms with van der Waals surface area (Å²) in [4.78, 5) is 0. The molecular formula is C12H10F17NO2S. The van der Waals surface area contributed by atoms with Crippen molar-refractivity contribution in [3.8, 4) is 0 Å². The molecule has 0 aliphatic heterocycles. The minimum absolute atomic E-state index is 0.501. The zero-order valence-corrected chi connectivity index (χ0v) is 16.3. The number of halogens is 17. The zero-order chi connectivity index (χ0) is 27.5. The molecule has 0 saturated carbocycles. The second-order valence-electron chi connectivity index (χ2n) is 6.71. The minimum atomic E-state index is -8.82. The summed E-state index contributed by atoms with van der Waals surface area (Å²) in [6.45, 7) is 0.706.